The second-order valence-electron chi connectivity index (χ2n) is 5.57. The summed E-state index contributed by atoms with van der Waals surface area (Å²) in [7, 11) is -3.66. The van der Waals surface area contributed by atoms with E-state index in [0.717, 1.165) is 0 Å². The first-order chi connectivity index (χ1) is 11.4. The summed E-state index contributed by atoms with van der Waals surface area (Å²) in [5, 5.41) is -1.16. The molecule has 0 saturated heterocycles. The summed E-state index contributed by atoms with van der Waals surface area (Å²) in [5.74, 6) is -2.62. The van der Waals surface area contributed by atoms with Gasteiger partial charge in [0, 0.05) is 11.7 Å². The Kier molecular flexibility index (Phi) is 5.32. The molecule has 1 aliphatic carbocycles. The van der Waals surface area contributed by atoms with E-state index >= 15 is 0 Å². The molecule has 0 N–H and O–H groups in total. The van der Waals surface area contributed by atoms with E-state index in [1.165, 1.54) is 6.92 Å². The minimum atomic E-state index is -3.66. The average Bonchev–Trinajstić information content (AvgIpc) is 3.29. The number of benzene rings is 1. The number of esters is 2. The summed E-state index contributed by atoms with van der Waals surface area (Å²) in [5.41, 5.74) is -1.21. The summed E-state index contributed by atoms with van der Waals surface area (Å²) in [6.07, 6.45) is 0. The summed E-state index contributed by atoms with van der Waals surface area (Å²) >= 11 is 0. The van der Waals surface area contributed by atoms with E-state index in [2.05, 4.69) is 0 Å². The zero-order valence-electron chi connectivity index (χ0n) is 14.0. The molecule has 2 rings (SSSR count). The lowest BCUT2D eigenvalue weighted by atomic mass is 9.99. The van der Waals surface area contributed by atoms with E-state index in [9.17, 15) is 18.0 Å². The fourth-order valence-electron chi connectivity index (χ4n) is 3.19. The van der Waals surface area contributed by atoms with Gasteiger partial charge in [0.25, 0.3) is 0 Å². The standard InChI is InChI=1S/C17H22O6S/c1-4-22-15(18)17(16(19)23-5-2)13(12-10-8-7-9-11-12)14(17)24(20,21)6-3/h7-11,13-14H,4-6H2,1-3H3/t13-,14-/m0/s1. The Balaban J connectivity index is 2.60. The van der Waals surface area contributed by atoms with Crippen molar-refractivity contribution in [3.05, 3.63) is 35.9 Å². The van der Waals surface area contributed by atoms with Crippen molar-refractivity contribution in [2.45, 2.75) is 31.9 Å². The molecule has 1 aromatic carbocycles. The number of hydrogen-bond acceptors (Lipinski definition) is 6. The van der Waals surface area contributed by atoms with Gasteiger partial charge in [0.2, 0.25) is 0 Å². The van der Waals surface area contributed by atoms with Crippen LogP contribution in [0.1, 0.15) is 32.3 Å². The Bertz CT molecular complexity index is 692. The Morgan fingerprint density at radius 1 is 1.00 bits per heavy atom. The van der Waals surface area contributed by atoms with Gasteiger partial charge in [-0.15, -0.1) is 0 Å². The highest BCUT2D eigenvalue weighted by Crippen LogP contribution is 2.64. The SMILES string of the molecule is CCOC(=O)C1(C(=O)OCC)[C@@H](c2ccccc2)[C@@H]1S(=O)(=O)CC. The molecule has 0 unspecified atom stereocenters. The van der Waals surface area contributed by atoms with Gasteiger partial charge in [-0.2, -0.15) is 0 Å². The Hall–Kier alpha value is -1.89. The maximum Gasteiger partial charge on any atom is 0.325 e. The molecular formula is C17H22O6S. The lowest BCUT2D eigenvalue weighted by molar-refractivity contribution is -0.164. The van der Waals surface area contributed by atoms with Gasteiger partial charge in [-0.25, -0.2) is 8.42 Å². The second kappa shape index (κ2) is 6.93. The van der Waals surface area contributed by atoms with Crippen LogP contribution in [-0.4, -0.2) is 44.6 Å². The van der Waals surface area contributed by atoms with E-state index in [1.807, 2.05) is 0 Å². The third-order valence-corrected chi connectivity index (χ3v) is 6.53. The maximum atomic E-state index is 12.6. The molecule has 1 aromatic rings. The first kappa shape index (κ1) is 18.4. The van der Waals surface area contributed by atoms with Gasteiger partial charge in [-0.3, -0.25) is 9.59 Å². The van der Waals surface area contributed by atoms with Crippen LogP contribution < -0.4 is 0 Å². The van der Waals surface area contributed by atoms with Crippen molar-refractivity contribution >= 4 is 21.8 Å². The molecule has 132 valence electrons. The van der Waals surface area contributed by atoms with Gasteiger partial charge in [-0.05, 0) is 19.4 Å². The molecule has 1 aliphatic rings. The third-order valence-electron chi connectivity index (χ3n) is 4.31. The van der Waals surface area contributed by atoms with Crippen molar-refractivity contribution in [3.8, 4) is 0 Å². The van der Waals surface area contributed by atoms with Crippen LogP contribution in [0.4, 0.5) is 0 Å². The number of carbonyl (C=O) groups excluding carboxylic acids is 2. The van der Waals surface area contributed by atoms with Crippen LogP contribution in [0.5, 0.6) is 0 Å². The van der Waals surface area contributed by atoms with E-state index in [4.69, 9.17) is 9.47 Å². The molecule has 0 aliphatic heterocycles. The fourth-order valence-corrected chi connectivity index (χ4v) is 5.17. The van der Waals surface area contributed by atoms with Crippen LogP contribution in [0.2, 0.25) is 0 Å². The first-order valence-corrected chi connectivity index (χ1v) is 9.70. The van der Waals surface area contributed by atoms with Crippen molar-refractivity contribution in [1.82, 2.24) is 0 Å². The molecule has 0 bridgehead atoms. The predicted molar refractivity (Wildman–Crippen MR) is 88.1 cm³/mol. The van der Waals surface area contributed by atoms with Gasteiger partial charge in [0.15, 0.2) is 15.3 Å². The van der Waals surface area contributed by atoms with Crippen molar-refractivity contribution < 1.29 is 27.5 Å². The summed E-state index contributed by atoms with van der Waals surface area (Å²) in [6.45, 7) is 4.83. The lowest BCUT2D eigenvalue weighted by Gasteiger charge is -2.15. The number of hydrogen-bond donors (Lipinski definition) is 0. The zero-order chi connectivity index (χ0) is 18.0. The average molecular weight is 354 g/mol. The van der Waals surface area contributed by atoms with Crippen LogP contribution in [0, 0.1) is 5.41 Å². The Morgan fingerprint density at radius 3 is 1.92 bits per heavy atom. The first-order valence-electron chi connectivity index (χ1n) is 7.98. The third kappa shape index (κ3) is 2.81. The van der Waals surface area contributed by atoms with Gasteiger partial charge >= 0.3 is 11.9 Å². The van der Waals surface area contributed by atoms with E-state index in [0.29, 0.717) is 5.56 Å². The van der Waals surface area contributed by atoms with Crippen LogP contribution >= 0.6 is 0 Å². The molecule has 0 amide bonds. The summed E-state index contributed by atoms with van der Waals surface area (Å²) in [6, 6.07) is 8.69. The molecule has 0 aromatic heterocycles. The lowest BCUT2D eigenvalue weighted by Crippen LogP contribution is -2.36. The molecule has 0 radical (unpaired) electrons. The largest absolute Gasteiger partial charge is 0.465 e. The van der Waals surface area contributed by atoms with Crippen molar-refractivity contribution in [2.75, 3.05) is 19.0 Å². The number of ether oxygens (including phenoxy) is 2. The van der Waals surface area contributed by atoms with Crippen LogP contribution in [0.15, 0.2) is 30.3 Å². The number of rotatable bonds is 7. The molecule has 7 heteroatoms. The van der Waals surface area contributed by atoms with Crippen LogP contribution in [0.3, 0.4) is 0 Å². The van der Waals surface area contributed by atoms with E-state index in [1.54, 1.807) is 44.2 Å². The van der Waals surface area contributed by atoms with Crippen molar-refractivity contribution in [1.29, 1.82) is 0 Å². The van der Waals surface area contributed by atoms with Gasteiger partial charge < -0.3 is 9.47 Å². The molecular weight excluding hydrogens is 332 g/mol. The second-order valence-corrected chi connectivity index (χ2v) is 7.98. The molecule has 24 heavy (non-hydrogen) atoms. The highest BCUT2D eigenvalue weighted by atomic mass is 32.2. The molecule has 2 atom stereocenters. The quantitative estimate of drug-likeness (QED) is 0.547. The molecule has 0 heterocycles. The Morgan fingerprint density at radius 2 is 1.50 bits per heavy atom. The monoisotopic (exact) mass is 354 g/mol. The molecule has 0 spiro atoms. The maximum absolute atomic E-state index is 12.6. The molecule has 6 nitrogen and oxygen atoms in total. The van der Waals surface area contributed by atoms with Gasteiger partial charge in [-0.1, -0.05) is 37.3 Å². The van der Waals surface area contributed by atoms with Crippen LogP contribution in [-0.2, 0) is 28.9 Å². The minimum absolute atomic E-state index is 0.0559. The summed E-state index contributed by atoms with van der Waals surface area (Å²) in [4.78, 5) is 25.2. The van der Waals surface area contributed by atoms with Crippen molar-refractivity contribution in [2.24, 2.45) is 5.41 Å². The number of sulfone groups is 1. The van der Waals surface area contributed by atoms with Crippen molar-refractivity contribution in [3.63, 3.8) is 0 Å². The minimum Gasteiger partial charge on any atom is -0.465 e. The highest BCUT2D eigenvalue weighted by molar-refractivity contribution is 7.92. The van der Waals surface area contributed by atoms with Crippen LogP contribution in [0.25, 0.3) is 0 Å². The highest BCUT2D eigenvalue weighted by Gasteiger charge is 2.81. The topological polar surface area (TPSA) is 86.7 Å². The fraction of sp³-hybridized carbons (Fsp3) is 0.529. The normalized spacial score (nSPS) is 21.8. The van der Waals surface area contributed by atoms with E-state index < -0.39 is 38.4 Å². The van der Waals surface area contributed by atoms with Gasteiger partial charge in [0.05, 0.1) is 18.5 Å². The smallest absolute Gasteiger partial charge is 0.325 e. The Labute approximate surface area is 142 Å². The molecule has 1 saturated carbocycles. The predicted octanol–water partition coefficient (Wildman–Crippen LogP) is 1.70. The summed E-state index contributed by atoms with van der Waals surface area (Å²) < 4.78 is 35.2. The molecule has 1 fully saturated rings. The van der Waals surface area contributed by atoms with E-state index in [-0.39, 0.29) is 19.0 Å². The number of carbonyl (C=O) groups is 2. The zero-order valence-corrected chi connectivity index (χ0v) is 14.8. The van der Waals surface area contributed by atoms with Gasteiger partial charge in [0.1, 0.15) is 0 Å².